The number of hydrogen-bond donors (Lipinski definition) is 4. The molecule has 0 saturated carbocycles. The van der Waals surface area contributed by atoms with Gasteiger partial charge in [0.05, 0.1) is 6.04 Å². The number of rotatable bonds is 8. The third-order valence-electron chi connectivity index (χ3n) is 3.04. The number of carboxylic acid groups (broad SMARTS) is 1. The second kappa shape index (κ2) is 8.61. The third kappa shape index (κ3) is 7.08. The zero-order valence-corrected chi connectivity index (χ0v) is 13.3. The Labute approximate surface area is 125 Å². The highest BCUT2D eigenvalue weighted by molar-refractivity contribution is 5.91. The van der Waals surface area contributed by atoms with Crippen molar-refractivity contribution in [2.75, 3.05) is 0 Å². The van der Waals surface area contributed by atoms with E-state index in [4.69, 9.17) is 10.8 Å². The molecule has 0 unspecified atom stereocenters. The molecule has 0 aromatic rings. The number of nitrogens with two attached hydrogens (primary N) is 1. The van der Waals surface area contributed by atoms with E-state index in [1.54, 1.807) is 13.8 Å². The molecule has 0 aromatic heterocycles. The lowest BCUT2D eigenvalue weighted by Gasteiger charge is -2.24. The molecular formula is C14H27N3O4. The first kappa shape index (κ1) is 19.4. The van der Waals surface area contributed by atoms with Gasteiger partial charge in [-0.2, -0.15) is 0 Å². The van der Waals surface area contributed by atoms with Crippen LogP contribution in [0.15, 0.2) is 0 Å². The van der Waals surface area contributed by atoms with Crippen molar-refractivity contribution < 1.29 is 19.5 Å². The average Bonchev–Trinajstić information content (AvgIpc) is 2.33. The summed E-state index contributed by atoms with van der Waals surface area (Å²) in [5.41, 5.74) is 5.78. The molecule has 0 fully saturated rings. The lowest BCUT2D eigenvalue weighted by atomic mass is 10.0. The molecule has 0 aliphatic heterocycles. The molecule has 7 nitrogen and oxygen atoms in total. The molecule has 21 heavy (non-hydrogen) atoms. The molecular weight excluding hydrogens is 274 g/mol. The van der Waals surface area contributed by atoms with Gasteiger partial charge < -0.3 is 21.5 Å². The minimum Gasteiger partial charge on any atom is -0.480 e. The topological polar surface area (TPSA) is 122 Å². The van der Waals surface area contributed by atoms with Crippen molar-refractivity contribution >= 4 is 17.8 Å². The number of nitrogens with one attached hydrogen (secondary N) is 2. The summed E-state index contributed by atoms with van der Waals surface area (Å²) in [4.78, 5) is 34.8. The number of carboxylic acids is 1. The van der Waals surface area contributed by atoms with Gasteiger partial charge in [0.2, 0.25) is 11.8 Å². The standard InChI is InChI=1S/C14H27N3O4/c1-7(2)6-10(15)12(18)17-11(8(3)4)13(19)16-9(5)14(20)21/h7-11H,6,15H2,1-5H3,(H,16,19)(H,17,18)(H,20,21)/t9-,10-,11-/m0/s1. The van der Waals surface area contributed by atoms with E-state index < -0.39 is 35.9 Å². The quantitative estimate of drug-likeness (QED) is 0.506. The molecule has 3 atom stereocenters. The number of aliphatic carboxylic acids is 1. The van der Waals surface area contributed by atoms with Crippen molar-refractivity contribution in [2.45, 2.75) is 59.2 Å². The maximum absolute atomic E-state index is 12.0. The van der Waals surface area contributed by atoms with Gasteiger partial charge in [0.1, 0.15) is 12.1 Å². The molecule has 0 heterocycles. The highest BCUT2D eigenvalue weighted by Crippen LogP contribution is 2.06. The van der Waals surface area contributed by atoms with Crippen LogP contribution in [0.4, 0.5) is 0 Å². The predicted molar refractivity (Wildman–Crippen MR) is 79.4 cm³/mol. The van der Waals surface area contributed by atoms with Crippen LogP contribution in [0.3, 0.4) is 0 Å². The third-order valence-corrected chi connectivity index (χ3v) is 3.04. The Morgan fingerprint density at radius 3 is 1.90 bits per heavy atom. The van der Waals surface area contributed by atoms with Gasteiger partial charge in [-0.15, -0.1) is 0 Å². The van der Waals surface area contributed by atoms with Gasteiger partial charge in [-0.05, 0) is 25.2 Å². The zero-order valence-electron chi connectivity index (χ0n) is 13.3. The summed E-state index contributed by atoms with van der Waals surface area (Å²) in [5.74, 6) is -1.97. The largest absolute Gasteiger partial charge is 0.480 e. The van der Waals surface area contributed by atoms with Crippen LogP contribution < -0.4 is 16.4 Å². The van der Waals surface area contributed by atoms with Crippen LogP contribution in [0, 0.1) is 11.8 Å². The van der Waals surface area contributed by atoms with Crippen LogP contribution in [-0.4, -0.2) is 41.0 Å². The monoisotopic (exact) mass is 301 g/mol. The molecule has 0 aromatic carbocycles. The molecule has 0 radical (unpaired) electrons. The molecule has 5 N–H and O–H groups in total. The van der Waals surface area contributed by atoms with Gasteiger partial charge in [0, 0.05) is 0 Å². The van der Waals surface area contributed by atoms with E-state index in [1.165, 1.54) is 6.92 Å². The highest BCUT2D eigenvalue weighted by Gasteiger charge is 2.28. The fraction of sp³-hybridized carbons (Fsp3) is 0.786. The van der Waals surface area contributed by atoms with E-state index in [1.807, 2.05) is 13.8 Å². The number of carbonyl (C=O) groups excluding carboxylic acids is 2. The van der Waals surface area contributed by atoms with Gasteiger partial charge in [-0.25, -0.2) is 0 Å². The van der Waals surface area contributed by atoms with Gasteiger partial charge >= 0.3 is 5.97 Å². The van der Waals surface area contributed by atoms with Gasteiger partial charge in [-0.1, -0.05) is 27.7 Å². The Morgan fingerprint density at radius 1 is 1.00 bits per heavy atom. The van der Waals surface area contributed by atoms with E-state index in [0.29, 0.717) is 6.42 Å². The summed E-state index contributed by atoms with van der Waals surface area (Å²) in [7, 11) is 0. The van der Waals surface area contributed by atoms with E-state index in [0.717, 1.165) is 0 Å². The summed E-state index contributed by atoms with van der Waals surface area (Å²) >= 11 is 0. The molecule has 0 aliphatic carbocycles. The maximum atomic E-state index is 12.0. The van der Waals surface area contributed by atoms with Crippen molar-refractivity contribution in [1.82, 2.24) is 10.6 Å². The average molecular weight is 301 g/mol. The van der Waals surface area contributed by atoms with Crippen LogP contribution in [-0.2, 0) is 14.4 Å². The maximum Gasteiger partial charge on any atom is 0.325 e. The Hall–Kier alpha value is -1.63. The lowest BCUT2D eigenvalue weighted by molar-refractivity contribution is -0.142. The Balaban J connectivity index is 4.73. The number of hydrogen-bond acceptors (Lipinski definition) is 4. The minimum atomic E-state index is -1.13. The zero-order chi connectivity index (χ0) is 16.7. The van der Waals surface area contributed by atoms with E-state index in [9.17, 15) is 14.4 Å². The van der Waals surface area contributed by atoms with Gasteiger partial charge in [0.15, 0.2) is 0 Å². The van der Waals surface area contributed by atoms with Crippen LogP contribution in [0.1, 0.15) is 41.0 Å². The van der Waals surface area contributed by atoms with Crippen LogP contribution in [0.2, 0.25) is 0 Å². The van der Waals surface area contributed by atoms with Crippen molar-refractivity contribution in [1.29, 1.82) is 0 Å². The fourth-order valence-corrected chi connectivity index (χ4v) is 1.78. The summed E-state index contributed by atoms with van der Waals surface area (Å²) in [6.07, 6.45) is 0.518. The second-order valence-electron chi connectivity index (χ2n) is 6.03. The van der Waals surface area contributed by atoms with Crippen molar-refractivity contribution in [3.05, 3.63) is 0 Å². The van der Waals surface area contributed by atoms with Crippen LogP contribution in [0.5, 0.6) is 0 Å². The van der Waals surface area contributed by atoms with Crippen LogP contribution >= 0.6 is 0 Å². The summed E-state index contributed by atoms with van der Waals surface area (Å²) in [6.45, 7) is 8.81. The van der Waals surface area contributed by atoms with Crippen molar-refractivity contribution in [2.24, 2.45) is 17.6 Å². The van der Waals surface area contributed by atoms with E-state index in [-0.39, 0.29) is 11.8 Å². The van der Waals surface area contributed by atoms with E-state index in [2.05, 4.69) is 10.6 Å². The van der Waals surface area contributed by atoms with Gasteiger partial charge in [-0.3, -0.25) is 14.4 Å². The molecule has 122 valence electrons. The highest BCUT2D eigenvalue weighted by atomic mass is 16.4. The fourth-order valence-electron chi connectivity index (χ4n) is 1.78. The first-order chi connectivity index (χ1) is 9.56. The first-order valence-electron chi connectivity index (χ1n) is 7.15. The smallest absolute Gasteiger partial charge is 0.325 e. The molecule has 2 amide bonds. The number of carbonyl (C=O) groups is 3. The lowest BCUT2D eigenvalue weighted by Crippen LogP contribution is -2.56. The first-order valence-corrected chi connectivity index (χ1v) is 7.15. The summed E-state index contributed by atoms with van der Waals surface area (Å²) < 4.78 is 0. The number of amides is 2. The van der Waals surface area contributed by atoms with E-state index >= 15 is 0 Å². The van der Waals surface area contributed by atoms with Crippen molar-refractivity contribution in [3.63, 3.8) is 0 Å². The molecule has 0 rings (SSSR count). The normalized spacial score (nSPS) is 15.4. The van der Waals surface area contributed by atoms with Gasteiger partial charge in [0.25, 0.3) is 0 Å². The molecule has 0 spiro atoms. The minimum absolute atomic E-state index is 0.179. The summed E-state index contributed by atoms with van der Waals surface area (Å²) in [6, 6.07) is -2.51. The predicted octanol–water partition coefficient (Wildman–Crippen LogP) is 0.0899. The second-order valence-corrected chi connectivity index (χ2v) is 6.03. The molecule has 0 aliphatic rings. The SMILES string of the molecule is CC(C)C[C@H](N)C(=O)N[C@H](C(=O)N[C@@H](C)C(=O)O)C(C)C. The molecule has 0 bridgehead atoms. The summed E-state index contributed by atoms with van der Waals surface area (Å²) in [5, 5.41) is 13.7. The Bertz CT molecular complexity index is 382. The van der Waals surface area contributed by atoms with Crippen LogP contribution in [0.25, 0.3) is 0 Å². The Morgan fingerprint density at radius 2 is 1.52 bits per heavy atom. The molecule has 0 saturated heterocycles. The van der Waals surface area contributed by atoms with Crippen molar-refractivity contribution in [3.8, 4) is 0 Å². The Kier molecular flexibility index (Phi) is 7.94. The molecule has 7 heteroatoms.